The standard InChI is InChI=1S/C19H19NS/c1-14-17(15-10-6-4-7-11-15)20-18(21-14)19(2,3)16-12-8-5-9-13-16/h4-13H,1-3H3. The van der Waals surface area contributed by atoms with Crippen molar-refractivity contribution in [3.05, 3.63) is 76.1 Å². The maximum Gasteiger partial charge on any atom is 0.104 e. The summed E-state index contributed by atoms with van der Waals surface area (Å²) in [5.74, 6) is 0. The van der Waals surface area contributed by atoms with E-state index in [0.29, 0.717) is 0 Å². The molecule has 1 aromatic heterocycles. The number of nitrogens with zero attached hydrogens (tertiary/aromatic N) is 1. The highest BCUT2D eigenvalue weighted by Gasteiger charge is 2.27. The first-order valence-corrected chi connectivity index (χ1v) is 7.99. The fourth-order valence-electron chi connectivity index (χ4n) is 2.51. The number of benzene rings is 2. The predicted octanol–water partition coefficient (Wildman–Crippen LogP) is 5.44. The fraction of sp³-hybridized carbons (Fsp3) is 0.211. The number of aromatic nitrogens is 1. The van der Waals surface area contributed by atoms with Crippen LogP contribution < -0.4 is 0 Å². The predicted molar refractivity (Wildman–Crippen MR) is 90.9 cm³/mol. The van der Waals surface area contributed by atoms with Crippen molar-refractivity contribution in [1.29, 1.82) is 0 Å². The molecule has 1 heterocycles. The van der Waals surface area contributed by atoms with E-state index in [9.17, 15) is 0 Å². The van der Waals surface area contributed by atoms with Crippen molar-refractivity contribution in [1.82, 2.24) is 4.98 Å². The summed E-state index contributed by atoms with van der Waals surface area (Å²) in [6.07, 6.45) is 0. The maximum absolute atomic E-state index is 4.95. The molecule has 106 valence electrons. The molecule has 0 N–H and O–H groups in total. The Kier molecular flexibility index (Phi) is 3.64. The number of thiazole rings is 1. The molecule has 0 fully saturated rings. The Morgan fingerprint density at radius 3 is 2.05 bits per heavy atom. The Balaban J connectivity index is 2.05. The average molecular weight is 293 g/mol. The molecule has 3 rings (SSSR count). The van der Waals surface area contributed by atoms with E-state index in [2.05, 4.69) is 75.4 Å². The topological polar surface area (TPSA) is 12.9 Å². The molecule has 0 unspecified atom stereocenters. The van der Waals surface area contributed by atoms with E-state index in [4.69, 9.17) is 4.98 Å². The van der Waals surface area contributed by atoms with Gasteiger partial charge in [-0.05, 0) is 26.3 Å². The SMILES string of the molecule is Cc1sc(C(C)(C)c2ccccc2)nc1-c1ccccc1. The largest absolute Gasteiger partial charge is 0.240 e. The van der Waals surface area contributed by atoms with Crippen molar-refractivity contribution in [2.45, 2.75) is 26.2 Å². The van der Waals surface area contributed by atoms with E-state index >= 15 is 0 Å². The molecule has 0 aliphatic carbocycles. The van der Waals surface area contributed by atoms with Crippen molar-refractivity contribution in [3.8, 4) is 11.3 Å². The van der Waals surface area contributed by atoms with Crippen molar-refractivity contribution >= 4 is 11.3 Å². The summed E-state index contributed by atoms with van der Waals surface area (Å²) in [6.45, 7) is 6.65. The molecular weight excluding hydrogens is 274 g/mol. The summed E-state index contributed by atoms with van der Waals surface area (Å²) in [5.41, 5.74) is 3.54. The van der Waals surface area contributed by atoms with Crippen molar-refractivity contribution in [2.24, 2.45) is 0 Å². The Hall–Kier alpha value is -1.93. The monoisotopic (exact) mass is 293 g/mol. The third kappa shape index (κ3) is 2.64. The molecule has 0 bridgehead atoms. The van der Waals surface area contributed by atoms with Crippen LogP contribution in [0.25, 0.3) is 11.3 Å². The molecule has 0 aliphatic heterocycles. The van der Waals surface area contributed by atoms with Crippen LogP contribution in [-0.4, -0.2) is 4.98 Å². The highest BCUT2D eigenvalue weighted by molar-refractivity contribution is 7.12. The molecule has 0 aliphatic rings. The first-order chi connectivity index (χ1) is 10.1. The van der Waals surface area contributed by atoms with Crippen LogP contribution in [0.15, 0.2) is 60.7 Å². The van der Waals surface area contributed by atoms with Crippen LogP contribution in [0.5, 0.6) is 0 Å². The molecule has 0 atom stereocenters. The minimum absolute atomic E-state index is 0.0658. The number of hydrogen-bond donors (Lipinski definition) is 0. The van der Waals surface area contributed by atoms with Gasteiger partial charge in [-0.15, -0.1) is 11.3 Å². The van der Waals surface area contributed by atoms with Crippen LogP contribution >= 0.6 is 11.3 Å². The Morgan fingerprint density at radius 2 is 1.43 bits per heavy atom. The van der Waals surface area contributed by atoms with Gasteiger partial charge in [0.15, 0.2) is 0 Å². The summed E-state index contributed by atoms with van der Waals surface area (Å²) in [6, 6.07) is 21.0. The summed E-state index contributed by atoms with van der Waals surface area (Å²) in [5, 5.41) is 1.17. The van der Waals surface area contributed by atoms with Gasteiger partial charge in [-0.25, -0.2) is 4.98 Å². The smallest absolute Gasteiger partial charge is 0.104 e. The zero-order valence-electron chi connectivity index (χ0n) is 12.6. The summed E-state index contributed by atoms with van der Waals surface area (Å²) >= 11 is 1.80. The van der Waals surface area contributed by atoms with E-state index in [0.717, 1.165) is 5.69 Å². The van der Waals surface area contributed by atoms with Crippen LogP contribution in [0.4, 0.5) is 0 Å². The summed E-state index contributed by atoms with van der Waals surface area (Å²) in [4.78, 5) is 6.22. The molecule has 0 spiro atoms. The molecule has 0 amide bonds. The maximum atomic E-state index is 4.95. The quantitative estimate of drug-likeness (QED) is 0.626. The Labute approximate surface area is 130 Å². The second kappa shape index (κ2) is 5.45. The van der Waals surface area contributed by atoms with Gasteiger partial charge >= 0.3 is 0 Å². The van der Waals surface area contributed by atoms with Gasteiger partial charge in [0.05, 0.1) is 5.69 Å². The lowest BCUT2D eigenvalue weighted by molar-refractivity contribution is 0.635. The van der Waals surface area contributed by atoms with E-state index in [1.54, 1.807) is 11.3 Å². The zero-order chi connectivity index (χ0) is 14.9. The van der Waals surface area contributed by atoms with Gasteiger partial charge in [0, 0.05) is 15.9 Å². The fourth-order valence-corrected chi connectivity index (χ4v) is 3.57. The first kappa shape index (κ1) is 14.0. The third-order valence-corrected chi connectivity index (χ3v) is 5.17. The van der Waals surface area contributed by atoms with Crippen LogP contribution in [0.2, 0.25) is 0 Å². The summed E-state index contributed by atoms with van der Waals surface area (Å²) < 4.78 is 0. The van der Waals surface area contributed by atoms with Crippen molar-refractivity contribution < 1.29 is 0 Å². The molecular formula is C19H19NS. The van der Waals surface area contributed by atoms with Gasteiger partial charge in [-0.3, -0.25) is 0 Å². The summed E-state index contributed by atoms with van der Waals surface area (Å²) in [7, 11) is 0. The lowest BCUT2D eigenvalue weighted by atomic mass is 9.85. The van der Waals surface area contributed by atoms with E-state index < -0.39 is 0 Å². The van der Waals surface area contributed by atoms with Gasteiger partial charge in [0.2, 0.25) is 0 Å². The van der Waals surface area contributed by atoms with E-state index in [-0.39, 0.29) is 5.41 Å². The van der Waals surface area contributed by atoms with Gasteiger partial charge in [0.1, 0.15) is 5.01 Å². The minimum atomic E-state index is -0.0658. The van der Waals surface area contributed by atoms with Crippen molar-refractivity contribution in [3.63, 3.8) is 0 Å². The molecule has 21 heavy (non-hydrogen) atoms. The van der Waals surface area contributed by atoms with Crippen LogP contribution in [0.3, 0.4) is 0 Å². The first-order valence-electron chi connectivity index (χ1n) is 7.18. The second-order valence-electron chi connectivity index (χ2n) is 5.78. The van der Waals surface area contributed by atoms with Gasteiger partial charge < -0.3 is 0 Å². The normalized spacial score (nSPS) is 11.6. The van der Waals surface area contributed by atoms with Gasteiger partial charge in [0.25, 0.3) is 0 Å². The Morgan fingerprint density at radius 1 is 0.857 bits per heavy atom. The van der Waals surface area contributed by atoms with E-state index in [1.165, 1.54) is 21.0 Å². The minimum Gasteiger partial charge on any atom is -0.240 e. The van der Waals surface area contributed by atoms with Crippen molar-refractivity contribution in [2.75, 3.05) is 0 Å². The average Bonchev–Trinajstić information content (AvgIpc) is 2.92. The van der Waals surface area contributed by atoms with E-state index in [1.807, 2.05) is 6.07 Å². The zero-order valence-corrected chi connectivity index (χ0v) is 13.4. The number of aryl methyl sites for hydroxylation is 1. The third-order valence-electron chi connectivity index (χ3n) is 3.87. The second-order valence-corrected chi connectivity index (χ2v) is 6.98. The number of rotatable bonds is 3. The Bertz CT molecular complexity index is 727. The van der Waals surface area contributed by atoms with Crippen LogP contribution in [-0.2, 0) is 5.41 Å². The number of hydrogen-bond acceptors (Lipinski definition) is 2. The van der Waals surface area contributed by atoms with Crippen LogP contribution in [0.1, 0.15) is 29.3 Å². The molecule has 0 radical (unpaired) electrons. The lowest BCUT2D eigenvalue weighted by Crippen LogP contribution is -2.18. The lowest BCUT2D eigenvalue weighted by Gasteiger charge is -2.22. The molecule has 1 nitrogen and oxygen atoms in total. The highest BCUT2D eigenvalue weighted by Crippen LogP contribution is 2.37. The molecule has 2 heteroatoms. The highest BCUT2D eigenvalue weighted by atomic mass is 32.1. The molecule has 0 saturated heterocycles. The van der Waals surface area contributed by atoms with Crippen LogP contribution in [0, 0.1) is 6.92 Å². The molecule has 2 aromatic carbocycles. The molecule has 3 aromatic rings. The molecule has 0 saturated carbocycles. The van der Waals surface area contributed by atoms with Gasteiger partial charge in [-0.2, -0.15) is 0 Å². The van der Waals surface area contributed by atoms with Gasteiger partial charge in [-0.1, -0.05) is 60.7 Å².